The van der Waals surface area contributed by atoms with Gasteiger partial charge in [-0.05, 0) is 66.1 Å². The Morgan fingerprint density at radius 2 is 1.67 bits per heavy atom. The zero-order chi connectivity index (χ0) is 19.4. The molecule has 2 N–H and O–H groups in total. The second-order valence-corrected chi connectivity index (χ2v) is 6.06. The number of carboxylic acids is 1. The van der Waals surface area contributed by atoms with Gasteiger partial charge in [0, 0.05) is 11.3 Å². The lowest BCUT2D eigenvalue weighted by Crippen LogP contribution is -2.11. The number of benzene rings is 3. The third-order valence-corrected chi connectivity index (χ3v) is 4.19. The van der Waals surface area contributed by atoms with Gasteiger partial charge in [-0.3, -0.25) is 4.79 Å². The quantitative estimate of drug-likeness (QED) is 0.721. The Kier molecular flexibility index (Phi) is 5.00. The maximum Gasteiger partial charge on any atom is 0.335 e. The van der Waals surface area contributed by atoms with Crippen molar-refractivity contribution in [2.24, 2.45) is 0 Å². The van der Waals surface area contributed by atoms with Crippen molar-refractivity contribution < 1.29 is 14.7 Å². The van der Waals surface area contributed by atoms with E-state index in [0.29, 0.717) is 16.8 Å². The lowest BCUT2D eigenvalue weighted by atomic mass is 9.97. The second-order valence-electron chi connectivity index (χ2n) is 6.06. The van der Waals surface area contributed by atoms with E-state index in [4.69, 9.17) is 10.4 Å². The van der Waals surface area contributed by atoms with Crippen LogP contribution in [0.2, 0.25) is 0 Å². The molecule has 0 atom stereocenters. The molecule has 0 aliphatic rings. The molecule has 0 aromatic heterocycles. The molecule has 0 saturated carbocycles. The fourth-order valence-corrected chi connectivity index (χ4v) is 2.74. The molecule has 5 nitrogen and oxygen atoms in total. The third-order valence-electron chi connectivity index (χ3n) is 4.19. The molecule has 0 aliphatic carbocycles. The van der Waals surface area contributed by atoms with E-state index >= 15 is 0 Å². The van der Waals surface area contributed by atoms with Gasteiger partial charge in [-0.2, -0.15) is 5.26 Å². The van der Waals surface area contributed by atoms with E-state index in [1.807, 2.05) is 13.0 Å². The molecule has 0 unspecified atom stereocenters. The van der Waals surface area contributed by atoms with E-state index < -0.39 is 5.97 Å². The molecule has 0 aliphatic heterocycles. The summed E-state index contributed by atoms with van der Waals surface area (Å²) in [7, 11) is 0. The molecule has 0 fully saturated rings. The van der Waals surface area contributed by atoms with Crippen molar-refractivity contribution in [2.75, 3.05) is 5.32 Å². The van der Waals surface area contributed by atoms with Crippen LogP contribution < -0.4 is 5.32 Å². The van der Waals surface area contributed by atoms with Crippen LogP contribution in [0.4, 0.5) is 5.69 Å². The Balaban J connectivity index is 1.83. The standard InChI is InChI=1S/C22H16N2O3/c1-14-5-6-18(22(26)27)12-20(14)16-7-9-17(10-8-16)21(25)24-19-4-2-3-15(11-19)13-23/h2-12H,1H3,(H,24,25)(H,26,27). The number of aryl methyl sites for hydroxylation is 1. The van der Waals surface area contributed by atoms with Crippen molar-refractivity contribution in [1.82, 2.24) is 0 Å². The maximum atomic E-state index is 12.4. The van der Waals surface area contributed by atoms with Crippen molar-refractivity contribution in [3.63, 3.8) is 0 Å². The first-order valence-electron chi connectivity index (χ1n) is 8.24. The predicted octanol–water partition coefficient (Wildman–Crippen LogP) is 4.48. The summed E-state index contributed by atoms with van der Waals surface area (Å²) >= 11 is 0. The van der Waals surface area contributed by atoms with Crippen LogP contribution in [-0.2, 0) is 0 Å². The normalized spacial score (nSPS) is 10.1. The fraction of sp³-hybridized carbons (Fsp3) is 0.0455. The minimum atomic E-state index is -0.980. The average Bonchev–Trinajstić information content (AvgIpc) is 2.68. The summed E-state index contributed by atoms with van der Waals surface area (Å²) in [6.45, 7) is 1.91. The number of nitriles is 1. The van der Waals surface area contributed by atoms with Crippen molar-refractivity contribution >= 4 is 17.6 Å². The minimum absolute atomic E-state index is 0.217. The van der Waals surface area contributed by atoms with Gasteiger partial charge in [0.25, 0.3) is 5.91 Å². The highest BCUT2D eigenvalue weighted by atomic mass is 16.4. The van der Waals surface area contributed by atoms with E-state index in [0.717, 1.165) is 16.7 Å². The number of amides is 1. The molecule has 3 aromatic rings. The van der Waals surface area contributed by atoms with Gasteiger partial charge in [0.15, 0.2) is 0 Å². The van der Waals surface area contributed by atoms with Crippen LogP contribution in [0.3, 0.4) is 0 Å². The number of aromatic carboxylic acids is 1. The molecule has 0 radical (unpaired) electrons. The summed E-state index contributed by atoms with van der Waals surface area (Å²) in [5, 5.41) is 20.9. The smallest absolute Gasteiger partial charge is 0.335 e. The van der Waals surface area contributed by atoms with E-state index in [2.05, 4.69) is 5.32 Å². The van der Waals surface area contributed by atoms with Crippen molar-refractivity contribution in [2.45, 2.75) is 6.92 Å². The van der Waals surface area contributed by atoms with Crippen LogP contribution >= 0.6 is 0 Å². The van der Waals surface area contributed by atoms with Gasteiger partial charge in [0.05, 0.1) is 17.2 Å². The topological polar surface area (TPSA) is 90.2 Å². The van der Waals surface area contributed by atoms with Crippen LogP contribution in [0.25, 0.3) is 11.1 Å². The average molecular weight is 356 g/mol. The van der Waals surface area contributed by atoms with Crippen LogP contribution in [0.5, 0.6) is 0 Å². The largest absolute Gasteiger partial charge is 0.478 e. The number of hydrogen-bond donors (Lipinski definition) is 2. The first kappa shape index (κ1) is 17.9. The van der Waals surface area contributed by atoms with Gasteiger partial charge in [-0.25, -0.2) is 4.79 Å². The molecule has 0 saturated heterocycles. The molecule has 0 bridgehead atoms. The van der Waals surface area contributed by atoms with Crippen LogP contribution in [0, 0.1) is 18.3 Å². The first-order chi connectivity index (χ1) is 13.0. The Bertz CT molecular complexity index is 1060. The predicted molar refractivity (Wildman–Crippen MR) is 103 cm³/mol. The third kappa shape index (κ3) is 4.02. The molecule has 3 aromatic carbocycles. The molecule has 27 heavy (non-hydrogen) atoms. The molecule has 5 heteroatoms. The Morgan fingerprint density at radius 3 is 2.33 bits per heavy atom. The number of carbonyl (C=O) groups excluding carboxylic acids is 1. The lowest BCUT2D eigenvalue weighted by Gasteiger charge is -2.09. The summed E-state index contributed by atoms with van der Waals surface area (Å²) in [5.41, 5.74) is 4.29. The van der Waals surface area contributed by atoms with E-state index in [9.17, 15) is 9.59 Å². The maximum absolute atomic E-state index is 12.4. The minimum Gasteiger partial charge on any atom is -0.478 e. The van der Waals surface area contributed by atoms with Crippen molar-refractivity contribution in [1.29, 1.82) is 5.26 Å². The fourth-order valence-electron chi connectivity index (χ4n) is 2.74. The van der Waals surface area contributed by atoms with Crippen LogP contribution in [-0.4, -0.2) is 17.0 Å². The number of carboxylic acid groups (broad SMARTS) is 1. The van der Waals surface area contributed by atoms with Gasteiger partial charge in [0.2, 0.25) is 0 Å². The molecular weight excluding hydrogens is 340 g/mol. The van der Waals surface area contributed by atoms with E-state index in [1.165, 1.54) is 0 Å². The van der Waals surface area contributed by atoms with E-state index in [-0.39, 0.29) is 11.5 Å². The zero-order valence-corrected chi connectivity index (χ0v) is 14.6. The number of anilines is 1. The molecule has 0 spiro atoms. The lowest BCUT2D eigenvalue weighted by molar-refractivity contribution is 0.0696. The van der Waals surface area contributed by atoms with Crippen molar-refractivity contribution in [3.05, 3.63) is 89.0 Å². The first-order valence-corrected chi connectivity index (χ1v) is 8.24. The number of rotatable bonds is 4. The van der Waals surface area contributed by atoms with E-state index in [1.54, 1.807) is 66.7 Å². The highest BCUT2D eigenvalue weighted by Gasteiger charge is 2.10. The number of nitrogens with zero attached hydrogens (tertiary/aromatic N) is 1. The number of hydrogen-bond acceptors (Lipinski definition) is 3. The van der Waals surface area contributed by atoms with Crippen LogP contribution in [0.15, 0.2) is 66.7 Å². The van der Waals surface area contributed by atoms with Crippen molar-refractivity contribution in [3.8, 4) is 17.2 Å². The summed E-state index contributed by atoms with van der Waals surface area (Å²) in [4.78, 5) is 23.6. The highest BCUT2D eigenvalue weighted by Crippen LogP contribution is 2.25. The Morgan fingerprint density at radius 1 is 0.963 bits per heavy atom. The molecule has 132 valence electrons. The van der Waals surface area contributed by atoms with Crippen LogP contribution in [0.1, 0.15) is 31.8 Å². The zero-order valence-electron chi connectivity index (χ0n) is 14.6. The number of carbonyl (C=O) groups is 2. The Hall–Kier alpha value is -3.91. The SMILES string of the molecule is Cc1ccc(C(=O)O)cc1-c1ccc(C(=O)Nc2cccc(C#N)c2)cc1. The van der Waals surface area contributed by atoms with Gasteiger partial charge >= 0.3 is 5.97 Å². The number of nitrogens with one attached hydrogen (secondary N) is 1. The summed E-state index contributed by atoms with van der Waals surface area (Å²) in [5.74, 6) is -1.26. The van der Waals surface area contributed by atoms with Gasteiger partial charge < -0.3 is 10.4 Å². The molecule has 1 amide bonds. The molecule has 0 heterocycles. The molecule has 3 rings (SSSR count). The summed E-state index contributed by atoms with van der Waals surface area (Å²) < 4.78 is 0. The van der Waals surface area contributed by atoms with Gasteiger partial charge in [-0.15, -0.1) is 0 Å². The summed E-state index contributed by atoms with van der Waals surface area (Å²) in [6, 6.07) is 20.6. The van der Waals surface area contributed by atoms with Gasteiger partial charge in [-0.1, -0.05) is 24.3 Å². The monoisotopic (exact) mass is 356 g/mol. The Labute approximate surface area is 156 Å². The summed E-state index contributed by atoms with van der Waals surface area (Å²) in [6.07, 6.45) is 0. The highest BCUT2D eigenvalue weighted by molar-refractivity contribution is 6.04. The van der Waals surface area contributed by atoms with Gasteiger partial charge in [0.1, 0.15) is 0 Å². The molecular formula is C22H16N2O3. The second kappa shape index (κ2) is 7.54.